The summed E-state index contributed by atoms with van der Waals surface area (Å²) in [6.07, 6.45) is 2.07. The van der Waals surface area contributed by atoms with Crippen LogP contribution >= 0.6 is 0 Å². The number of anilines is 1. The first-order valence-corrected chi connectivity index (χ1v) is 6.70. The number of nitrogens with two attached hydrogens (primary N) is 1. The Morgan fingerprint density at radius 2 is 1.89 bits per heavy atom. The molecule has 0 bridgehead atoms. The Balaban J connectivity index is 2.87. The first-order valence-electron chi connectivity index (χ1n) is 6.70. The second-order valence-electron chi connectivity index (χ2n) is 4.85. The van der Waals surface area contributed by atoms with Crippen molar-refractivity contribution in [1.29, 1.82) is 0 Å². The Kier molecular flexibility index (Phi) is 5.86. The fourth-order valence-electron chi connectivity index (χ4n) is 1.86. The molecule has 0 heterocycles. The van der Waals surface area contributed by atoms with Gasteiger partial charge in [0.15, 0.2) is 0 Å². The van der Waals surface area contributed by atoms with Gasteiger partial charge >= 0.3 is 0 Å². The highest BCUT2D eigenvalue weighted by molar-refractivity contribution is 5.94. The molecule has 0 spiro atoms. The molecule has 0 saturated carbocycles. The predicted molar refractivity (Wildman–Crippen MR) is 76.8 cm³/mol. The van der Waals surface area contributed by atoms with E-state index in [1.165, 1.54) is 5.56 Å². The van der Waals surface area contributed by atoms with E-state index >= 15 is 0 Å². The fourth-order valence-corrected chi connectivity index (χ4v) is 1.86. The monoisotopic (exact) mass is 248 g/mol. The number of carbonyl (C=O) groups is 1. The van der Waals surface area contributed by atoms with Crippen molar-refractivity contribution >= 4 is 11.6 Å². The van der Waals surface area contributed by atoms with E-state index in [4.69, 9.17) is 5.73 Å². The first kappa shape index (κ1) is 14.7. The highest BCUT2D eigenvalue weighted by Gasteiger charge is 2.13. The Morgan fingerprint density at radius 1 is 1.28 bits per heavy atom. The predicted octanol–water partition coefficient (Wildman–Crippen LogP) is 2.90. The zero-order chi connectivity index (χ0) is 13.5. The molecule has 100 valence electrons. The SMILES string of the molecule is CCCCN(C(=O)CN)c1ccc(C(C)C)cc1. The number of nitrogens with zero attached hydrogens (tertiary/aromatic N) is 1. The molecule has 0 aliphatic carbocycles. The van der Waals surface area contributed by atoms with Gasteiger partial charge in [-0.3, -0.25) is 4.79 Å². The van der Waals surface area contributed by atoms with Gasteiger partial charge in [0, 0.05) is 12.2 Å². The van der Waals surface area contributed by atoms with Crippen molar-refractivity contribution in [1.82, 2.24) is 0 Å². The number of hydrogen-bond donors (Lipinski definition) is 1. The summed E-state index contributed by atoms with van der Waals surface area (Å²) in [6.45, 7) is 7.25. The summed E-state index contributed by atoms with van der Waals surface area (Å²) in [7, 11) is 0. The smallest absolute Gasteiger partial charge is 0.240 e. The van der Waals surface area contributed by atoms with E-state index in [1.807, 2.05) is 12.1 Å². The Bertz CT molecular complexity index is 371. The summed E-state index contributed by atoms with van der Waals surface area (Å²) in [5.74, 6) is 0.495. The van der Waals surface area contributed by atoms with E-state index in [2.05, 4.69) is 32.9 Å². The standard InChI is InChI=1S/C15H24N2O/c1-4-5-10-17(15(18)11-16)14-8-6-13(7-9-14)12(2)3/h6-9,12H,4-5,10-11,16H2,1-3H3. The molecular weight excluding hydrogens is 224 g/mol. The largest absolute Gasteiger partial charge is 0.322 e. The van der Waals surface area contributed by atoms with E-state index < -0.39 is 0 Å². The van der Waals surface area contributed by atoms with Crippen molar-refractivity contribution in [3.8, 4) is 0 Å². The summed E-state index contributed by atoms with van der Waals surface area (Å²) in [5, 5.41) is 0. The van der Waals surface area contributed by atoms with Gasteiger partial charge in [-0.15, -0.1) is 0 Å². The van der Waals surface area contributed by atoms with Gasteiger partial charge in [0.05, 0.1) is 6.54 Å². The zero-order valence-electron chi connectivity index (χ0n) is 11.6. The summed E-state index contributed by atoms with van der Waals surface area (Å²) < 4.78 is 0. The molecule has 0 aliphatic rings. The van der Waals surface area contributed by atoms with Gasteiger partial charge in [0.25, 0.3) is 0 Å². The van der Waals surface area contributed by atoms with Crippen LogP contribution in [0, 0.1) is 0 Å². The van der Waals surface area contributed by atoms with Crippen LogP contribution in [0.5, 0.6) is 0 Å². The van der Waals surface area contributed by atoms with Crippen LogP contribution < -0.4 is 10.6 Å². The number of carbonyl (C=O) groups excluding carboxylic acids is 1. The lowest BCUT2D eigenvalue weighted by Crippen LogP contribution is -2.36. The van der Waals surface area contributed by atoms with Gasteiger partial charge in [-0.05, 0) is 30.0 Å². The van der Waals surface area contributed by atoms with Gasteiger partial charge in [-0.2, -0.15) is 0 Å². The Hall–Kier alpha value is -1.35. The molecule has 18 heavy (non-hydrogen) atoms. The van der Waals surface area contributed by atoms with Crippen molar-refractivity contribution in [2.24, 2.45) is 5.73 Å². The maximum Gasteiger partial charge on any atom is 0.240 e. The van der Waals surface area contributed by atoms with Crippen LogP contribution in [0.3, 0.4) is 0 Å². The first-order chi connectivity index (χ1) is 8.60. The van der Waals surface area contributed by atoms with Crippen LogP contribution in [-0.4, -0.2) is 19.0 Å². The van der Waals surface area contributed by atoms with Crippen LogP contribution in [0.2, 0.25) is 0 Å². The topological polar surface area (TPSA) is 46.3 Å². The molecule has 2 N–H and O–H groups in total. The molecule has 1 rings (SSSR count). The third-order valence-corrected chi connectivity index (χ3v) is 3.08. The molecule has 0 saturated heterocycles. The molecular formula is C15H24N2O. The second kappa shape index (κ2) is 7.17. The minimum Gasteiger partial charge on any atom is -0.322 e. The van der Waals surface area contributed by atoms with Gasteiger partial charge in [-0.1, -0.05) is 39.3 Å². The average Bonchev–Trinajstić information content (AvgIpc) is 2.39. The highest BCUT2D eigenvalue weighted by atomic mass is 16.2. The third kappa shape index (κ3) is 3.84. The fraction of sp³-hybridized carbons (Fsp3) is 0.533. The molecule has 1 aromatic carbocycles. The zero-order valence-corrected chi connectivity index (χ0v) is 11.6. The van der Waals surface area contributed by atoms with Gasteiger partial charge in [-0.25, -0.2) is 0 Å². The average molecular weight is 248 g/mol. The lowest BCUT2D eigenvalue weighted by atomic mass is 10.0. The molecule has 3 heteroatoms. The van der Waals surface area contributed by atoms with Crippen LogP contribution in [0.1, 0.15) is 45.1 Å². The van der Waals surface area contributed by atoms with Crippen molar-refractivity contribution in [3.05, 3.63) is 29.8 Å². The lowest BCUT2D eigenvalue weighted by molar-refractivity contribution is -0.117. The molecule has 1 amide bonds. The van der Waals surface area contributed by atoms with E-state index in [1.54, 1.807) is 4.90 Å². The summed E-state index contributed by atoms with van der Waals surface area (Å²) in [5.41, 5.74) is 7.70. The lowest BCUT2D eigenvalue weighted by Gasteiger charge is -2.22. The van der Waals surface area contributed by atoms with Crippen LogP contribution in [0.15, 0.2) is 24.3 Å². The summed E-state index contributed by atoms with van der Waals surface area (Å²) in [6, 6.07) is 8.20. The number of benzene rings is 1. The van der Waals surface area contributed by atoms with Gasteiger partial charge in [0.2, 0.25) is 5.91 Å². The van der Waals surface area contributed by atoms with Crippen molar-refractivity contribution in [2.45, 2.75) is 39.5 Å². The normalized spacial score (nSPS) is 10.7. The van der Waals surface area contributed by atoms with Crippen LogP contribution in [0.25, 0.3) is 0 Å². The van der Waals surface area contributed by atoms with Gasteiger partial charge in [0.1, 0.15) is 0 Å². The van der Waals surface area contributed by atoms with E-state index in [0.717, 1.165) is 25.1 Å². The molecule has 0 fully saturated rings. The van der Waals surface area contributed by atoms with Crippen LogP contribution in [-0.2, 0) is 4.79 Å². The molecule has 0 aromatic heterocycles. The number of hydrogen-bond acceptors (Lipinski definition) is 2. The number of rotatable bonds is 6. The van der Waals surface area contributed by atoms with E-state index in [9.17, 15) is 4.79 Å². The van der Waals surface area contributed by atoms with E-state index in [0.29, 0.717) is 5.92 Å². The number of amides is 1. The Morgan fingerprint density at radius 3 is 2.33 bits per heavy atom. The molecule has 0 unspecified atom stereocenters. The molecule has 1 aromatic rings. The molecule has 0 radical (unpaired) electrons. The van der Waals surface area contributed by atoms with Crippen molar-refractivity contribution in [3.63, 3.8) is 0 Å². The minimum absolute atomic E-state index is 0.0132. The minimum atomic E-state index is -0.0132. The summed E-state index contributed by atoms with van der Waals surface area (Å²) in [4.78, 5) is 13.6. The van der Waals surface area contributed by atoms with Crippen molar-refractivity contribution in [2.75, 3.05) is 18.0 Å². The molecule has 0 atom stereocenters. The maximum absolute atomic E-state index is 11.8. The number of unbranched alkanes of at least 4 members (excludes halogenated alkanes) is 1. The Labute approximate surface area is 110 Å². The molecule has 0 aliphatic heterocycles. The van der Waals surface area contributed by atoms with E-state index in [-0.39, 0.29) is 12.5 Å². The third-order valence-electron chi connectivity index (χ3n) is 3.08. The second-order valence-corrected chi connectivity index (χ2v) is 4.85. The quantitative estimate of drug-likeness (QED) is 0.841. The summed E-state index contributed by atoms with van der Waals surface area (Å²) >= 11 is 0. The highest BCUT2D eigenvalue weighted by Crippen LogP contribution is 2.20. The maximum atomic E-state index is 11.8. The molecule has 3 nitrogen and oxygen atoms in total. The van der Waals surface area contributed by atoms with Crippen LogP contribution in [0.4, 0.5) is 5.69 Å². The van der Waals surface area contributed by atoms with Crippen molar-refractivity contribution < 1.29 is 4.79 Å². The van der Waals surface area contributed by atoms with Gasteiger partial charge < -0.3 is 10.6 Å².